The van der Waals surface area contributed by atoms with Crippen LogP contribution in [0.3, 0.4) is 0 Å². The predicted octanol–water partition coefficient (Wildman–Crippen LogP) is 3.38. The maximum atomic E-state index is 12.0. The minimum atomic E-state index is -0.155. The van der Waals surface area contributed by atoms with Gasteiger partial charge in [-0.25, -0.2) is 4.98 Å². The van der Waals surface area contributed by atoms with Crippen LogP contribution in [0.4, 0.5) is 5.82 Å². The molecule has 0 bridgehead atoms. The lowest BCUT2D eigenvalue weighted by molar-refractivity contribution is -0.116. The zero-order chi connectivity index (χ0) is 18.5. The molecule has 0 spiro atoms. The number of ether oxygens (including phenoxy) is 1. The van der Waals surface area contributed by atoms with Gasteiger partial charge in [0.2, 0.25) is 5.91 Å². The fourth-order valence-electron chi connectivity index (χ4n) is 2.57. The molecule has 1 N–H and O–H groups in total. The summed E-state index contributed by atoms with van der Waals surface area (Å²) >= 11 is 5.76. The van der Waals surface area contributed by atoms with Gasteiger partial charge in [-0.1, -0.05) is 23.7 Å². The van der Waals surface area contributed by atoms with Gasteiger partial charge in [-0.05, 0) is 30.7 Å². The van der Waals surface area contributed by atoms with E-state index in [-0.39, 0.29) is 17.9 Å². The Kier molecular flexibility index (Phi) is 5.53. The van der Waals surface area contributed by atoms with Crippen molar-refractivity contribution in [2.24, 2.45) is 7.05 Å². The number of fused-ring (bicyclic) bond motifs is 1. The third kappa shape index (κ3) is 4.21. The number of para-hydroxylation sites is 1. The number of nitrogens with one attached hydrogen (secondary N) is 1. The third-order valence-corrected chi connectivity index (χ3v) is 4.14. The number of aryl methyl sites for hydroxylation is 1. The molecule has 3 aromatic rings. The molecule has 0 aliphatic carbocycles. The molecule has 0 saturated heterocycles. The zero-order valence-corrected chi connectivity index (χ0v) is 15.0. The number of carbonyl (C=O) groups is 1. The number of hydrogen-bond acceptors (Lipinski definition) is 4. The molecule has 0 radical (unpaired) electrons. The Balaban J connectivity index is 1.56. The van der Waals surface area contributed by atoms with Crippen molar-refractivity contribution < 1.29 is 9.53 Å². The van der Waals surface area contributed by atoms with Gasteiger partial charge >= 0.3 is 0 Å². The van der Waals surface area contributed by atoms with Crippen molar-refractivity contribution in [3.8, 4) is 5.75 Å². The molecule has 134 valence electrons. The summed E-state index contributed by atoms with van der Waals surface area (Å²) in [6, 6.07) is 12.3. The topological polar surface area (TPSA) is 73.2 Å². The van der Waals surface area contributed by atoms with Crippen LogP contribution in [0.25, 0.3) is 10.9 Å². The average molecular weight is 372 g/mol. The van der Waals surface area contributed by atoms with Crippen LogP contribution in [0.2, 0.25) is 5.02 Å². The van der Waals surface area contributed by atoms with Gasteiger partial charge in [0.25, 0.3) is 5.56 Å². The number of benzene rings is 1. The molecule has 3 rings (SSSR count). The molecule has 0 atom stereocenters. The molecular formula is C19H18ClN3O3. The molecule has 0 unspecified atom stereocenters. The molecule has 0 aliphatic heterocycles. The molecule has 0 saturated carbocycles. The molecule has 6 nitrogen and oxygen atoms in total. The van der Waals surface area contributed by atoms with Crippen molar-refractivity contribution >= 4 is 34.2 Å². The van der Waals surface area contributed by atoms with Crippen LogP contribution in [0.1, 0.15) is 12.8 Å². The minimum Gasteiger partial charge on any atom is -0.493 e. The van der Waals surface area contributed by atoms with Crippen molar-refractivity contribution in [3.63, 3.8) is 0 Å². The first-order chi connectivity index (χ1) is 12.5. The van der Waals surface area contributed by atoms with Gasteiger partial charge in [-0.15, -0.1) is 0 Å². The number of halogens is 1. The van der Waals surface area contributed by atoms with Crippen LogP contribution >= 0.6 is 11.6 Å². The molecule has 2 aromatic heterocycles. The summed E-state index contributed by atoms with van der Waals surface area (Å²) < 4.78 is 7.32. The Morgan fingerprint density at radius 3 is 2.85 bits per heavy atom. The van der Waals surface area contributed by atoms with Crippen LogP contribution in [0.5, 0.6) is 5.75 Å². The predicted molar refractivity (Wildman–Crippen MR) is 102 cm³/mol. The summed E-state index contributed by atoms with van der Waals surface area (Å²) in [6.07, 6.45) is 2.28. The van der Waals surface area contributed by atoms with E-state index in [0.717, 1.165) is 10.9 Å². The highest BCUT2D eigenvalue weighted by atomic mass is 35.5. The highest BCUT2D eigenvalue weighted by Crippen LogP contribution is 2.23. The lowest BCUT2D eigenvalue weighted by atomic mass is 10.2. The Labute approximate surface area is 155 Å². The summed E-state index contributed by atoms with van der Waals surface area (Å²) in [7, 11) is 1.73. The SMILES string of the molecule is Cn1c(=O)cc(OCCCC(=O)Nc2ccc(Cl)cn2)c2ccccc21. The molecule has 1 amide bonds. The molecule has 0 aliphatic rings. The second-order valence-corrected chi connectivity index (χ2v) is 6.22. The zero-order valence-electron chi connectivity index (χ0n) is 14.2. The summed E-state index contributed by atoms with van der Waals surface area (Å²) in [6.45, 7) is 0.332. The summed E-state index contributed by atoms with van der Waals surface area (Å²) in [5, 5.41) is 4.07. The van der Waals surface area contributed by atoms with Gasteiger partial charge in [0, 0.05) is 31.1 Å². The molecule has 26 heavy (non-hydrogen) atoms. The number of carbonyl (C=O) groups excluding carboxylic acids is 1. The Bertz CT molecular complexity index is 983. The van der Waals surface area contributed by atoms with E-state index in [0.29, 0.717) is 29.6 Å². The van der Waals surface area contributed by atoms with Gasteiger partial charge < -0.3 is 14.6 Å². The highest BCUT2D eigenvalue weighted by molar-refractivity contribution is 6.30. The lowest BCUT2D eigenvalue weighted by Gasteiger charge is -2.11. The number of amides is 1. The summed E-state index contributed by atoms with van der Waals surface area (Å²) in [5.41, 5.74) is 0.673. The number of anilines is 1. The smallest absolute Gasteiger partial charge is 0.254 e. The number of aromatic nitrogens is 2. The number of pyridine rings is 2. The van der Waals surface area contributed by atoms with Crippen LogP contribution in [0.15, 0.2) is 53.5 Å². The van der Waals surface area contributed by atoms with E-state index in [4.69, 9.17) is 16.3 Å². The molecule has 2 heterocycles. The van der Waals surface area contributed by atoms with E-state index in [1.807, 2.05) is 24.3 Å². The second-order valence-electron chi connectivity index (χ2n) is 5.78. The largest absolute Gasteiger partial charge is 0.493 e. The molecule has 7 heteroatoms. The maximum Gasteiger partial charge on any atom is 0.254 e. The fourth-order valence-corrected chi connectivity index (χ4v) is 2.68. The molecular weight excluding hydrogens is 354 g/mol. The van der Waals surface area contributed by atoms with E-state index in [2.05, 4.69) is 10.3 Å². The quantitative estimate of drug-likeness (QED) is 0.674. The first-order valence-corrected chi connectivity index (χ1v) is 8.55. The van der Waals surface area contributed by atoms with Crippen LogP contribution in [-0.2, 0) is 11.8 Å². The summed E-state index contributed by atoms with van der Waals surface area (Å²) in [4.78, 5) is 28.0. The van der Waals surface area contributed by atoms with Crippen molar-refractivity contribution in [2.45, 2.75) is 12.8 Å². The van der Waals surface area contributed by atoms with Crippen LogP contribution < -0.4 is 15.6 Å². The first-order valence-electron chi connectivity index (χ1n) is 8.17. The number of nitrogens with zero attached hydrogens (tertiary/aromatic N) is 2. The maximum absolute atomic E-state index is 12.0. The molecule has 0 fully saturated rings. The number of rotatable bonds is 6. The fraction of sp³-hybridized carbons (Fsp3) is 0.211. The van der Waals surface area contributed by atoms with Crippen molar-refractivity contribution in [1.29, 1.82) is 0 Å². The van der Waals surface area contributed by atoms with Gasteiger partial charge in [-0.2, -0.15) is 0 Å². The van der Waals surface area contributed by atoms with Gasteiger partial charge in [0.15, 0.2) is 0 Å². The lowest BCUT2D eigenvalue weighted by Crippen LogP contribution is -2.17. The van der Waals surface area contributed by atoms with E-state index >= 15 is 0 Å². The minimum absolute atomic E-state index is 0.134. The Hall–Kier alpha value is -2.86. The van der Waals surface area contributed by atoms with Gasteiger partial charge in [0.1, 0.15) is 11.6 Å². The van der Waals surface area contributed by atoms with Crippen LogP contribution in [0, 0.1) is 0 Å². The average Bonchev–Trinajstić information content (AvgIpc) is 2.64. The highest BCUT2D eigenvalue weighted by Gasteiger charge is 2.08. The van der Waals surface area contributed by atoms with E-state index < -0.39 is 0 Å². The van der Waals surface area contributed by atoms with Crippen molar-refractivity contribution in [1.82, 2.24) is 9.55 Å². The Morgan fingerprint density at radius 2 is 2.08 bits per heavy atom. The number of hydrogen-bond donors (Lipinski definition) is 1. The standard InChI is InChI=1S/C19H18ClN3O3/c1-23-15-6-3-2-5-14(15)16(11-19(23)25)26-10-4-7-18(24)22-17-9-8-13(20)12-21-17/h2-3,5-6,8-9,11-12H,4,7,10H2,1H3,(H,21,22,24). The monoisotopic (exact) mass is 371 g/mol. The molecule has 1 aromatic carbocycles. The third-order valence-electron chi connectivity index (χ3n) is 3.92. The van der Waals surface area contributed by atoms with E-state index in [9.17, 15) is 9.59 Å². The van der Waals surface area contributed by atoms with Crippen LogP contribution in [-0.4, -0.2) is 22.1 Å². The van der Waals surface area contributed by atoms with Gasteiger partial charge in [-0.3, -0.25) is 9.59 Å². The van der Waals surface area contributed by atoms with Gasteiger partial charge in [0.05, 0.1) is 17.1 Å². The second kappa shape index (κ2) is 8.01. The normalized spacial score (nSPS) is 10.7. The van der Waals surface area contributed by atoms with E-state index in [1.165, 1.54) is 12.3 Å². The van der Waals surface area contributed by atoms with Crippen molar-refractivity contribution in [3.05, 3.63) is 64.0 Å². The summed E-state index contributed by atoms with van der Waals surface area (Å²) in [5.74, 6) is 0.832. The van der Waals surface area contributed by atoms with Crippen molar-refractivity contribution in [2.75, 3.05) is 11.9 Å². The Morgan fingerprint density at radius 1 is 1.27 bits per heavy atom. The van der Waals surface area contributed by atoms with E-state index in [1.54, 1.807) is 23.7 Å². The first kappa shape index (κ1) is 17.9.